The van der Waals surface area contributed by atoms with E-state index >= 15 is 0 Å². The summed E-state index contributed by atoms with van der Waals surface area (Å²) >= 11 is 0. The normalized spacial score (nSPS) is 11.0. The van der Waals surface area contributed by atoms with Crippen molar-refractivity contribution in [2.75, 3.05) is 0 Å². The monoisotopic (exact) mass is 413 g/mol. The fraction of sp³-hybridized carbons (Fsp3) is 0.143. The first kappa shape index (κ1) is 20.8. The molecule has 30 heavy (non-hydrogen) atoms. The molecule has 0 N–H and O–H groups in total. The number of hydrogen-bond donors (Lipinski definition) is 0. The molecule has 3 aromatic rings. The van der Waals surface area contributed by atoms with Crippen LogP contribution in [0.4, 0.5) is 13.2 Å². The van der Waals surface area contributed by atoms with Crippen LogP contribution in [0.15, 0.2) is 59.4 Å². The number of rotatable bonds is 4. The van der Waals surface area contributed by atoms with E-state index in [1.807, 2.05) is 6.07 Å². The minimum atomic E-state index is -4.65. The summed E-state index contributed by atoms with van der Waals surface area (Å²) in [5, 5.41) is 12.7. The van der Waals surface area contributed by atoms with Crippen molar-refractivity contribution in [3.8, 4) is 11.8 Å². The molecule has 0 spiro atoms. The van der Waals surface area contributed by atoms with E-state index in [1.54, 1.807) is 18.2 Å². The predicted octanol–water partition coefficient (Wildman–Crippen LogP) is 3.79. The molecule has 3 rings (SSSR count). The molecule has 0 saturated carbocycles. The largest absolute Gasteiger partial charge is 0.456 e. The summed E-state index contributed by atoms with van der Waals surface area (Å²) in [6.45, 7) is 1.17. The molecule has 0 bridgehead atoms. The molecule has 0 radical (unpaired) electrons. The van der Waals surface area contributed by atoms with E-state index < -0.39 is 28.8 Å². The Morgan fingerprint density at radius 1 is 1.17 bits per heavy atom. The number of alkyl halides is 3. The molecule has 9 heteroatoms. The summed E-state index contributed by atoms with van der Waals surface area (Å²) in [5.41, 5.74) is -1.71. The Bertz CT molecular complexity index is 1210. The molecule has 6 nitrogen and oxygen atoms in total. The average molecular weight is 413 g/mol. The van der Waals surface area contributed by atoms with E-state index in [4.69, 9.17) is 10.00 Å². The van der Waals surface area contributed by atoms with Gasteiger partial charge in [-0.1, -0.05) is 24.3 Å². The van der Waals surface area contributed by atoms with E-state index in [0.29, 0.717) is 11.1 Å². The number of ether oxygens (including phenoxy) is 1. The van der Waals surface area contributed by atoms with Crippen molar-refractivity contribution in [3.63, 3.8) is 0 Å². The lowest BCUT2D eigenvalue weighted by Crippen LogP contribution is -2.25. The SMILES string of the molecule is Cc1cc(=O)c(C(=O)OCc2cccc(C#N)c2)nn1-c1ccccc1C(F)(F)F. The number of hydrogen-bond acceptors (Lipinski definition) is 5. The van der Waals surface area contributed by atoms with Gasteiger partial charge in [0.25, 0.3) is 0 Å². The van der Waals surface area contributed by atoms with Crippen molar-refractivity contribution in [2.45, 2.75) is 19.7 Å². The molecule has 0 aliphatic heterocycles. The van der Waals surface area contributed by atoms with Gasteiger partial charge in [-0.05, 0) is 36.8 Å². The van der Waals surface area contributed by atoms with Crippen molar-refractivity contribution in [3.05, 3.63) is 92.9 Å². The lowest BCUT2D eigenvalue weighted by molar-refractivity contribution is -0.137. The van der Waals surface area contributed by atoms with Crippen LogP contribution in [0.1, 0.15) is 32.9 Å². The molecule has 152 valence electrons. The van der Waals surface area contributed by atoms with Gasteiger partial charge in [-0.2, -0.15) is 23.5 Å². The molecule has 0 unspecified atom stereocenters. The van der Waals surface area contributed by atoms with Crippen molar-refractivity contribution >= 4 is 5.97 Å². The Labute approximate surface area is 168 Å². The number of esters is 1. The molecule has 2 aromatic carbocycles. The van der Waals surface area contributed by atoms with Crippen LogP contribution in [0.2, 0.25) is 0 Å². The van der Waals surface area contributed by atoms with Gasteiger partial charge in [0.1, 0.15) is 6.61 Å². The number of benzene rings is 2. The molecule has 0 fully saturated rings. The third kappa shape index (κ3) is 4.38. The van der Waals surface area contributed by atoms with Gasteiger partial charge in [0.05, 0.1) is 22.9 Å². The van der Waals surface area contributed by atoms with Crippen LogP contribution in [0, 0.1) is 18.3 Å². The summed E-state index contributed by atoms with van der Waals surface area (Å²) in [7, 11) is 0. The van der Waals surface area contributed by atoms with E-state index in [0.717, 1.165) is 16.8 Å². The van der Waals surface area contributed by atoms with Gasteiger partial charge < -0.3 is 4.74 Å². The second-order valence-corrected chi connectivity index (χ2v) is 6.31. The Morgan fingerprint density at radius 2 is 1.90 bits per heavy atom. The first-order valence-electron chi connectivity index (χ1n) is 8.64. The van der Waals surface area contributed by atoms with Gasteiger partial charge in [0, 0.05) is 11.8 Å². The maximum Gasteiger partial charge on any atom is 0.418 e. The second kappa shape index (κ2) is 8.21. The van der Waals surface area contributed by atoms with Gasteiger partial charge in [0.2, 0.25) is 11.1 Å². The van der Waals surface area contributed by atoms with Gasteiger partial charge >= 0.3 is 12.1 Å². The number of halogens is 3. The minimum absolute atomic E-state index is 0.120. The van der Waals surface area contributed by atoms with Gasteiger partial charge in [-0.3, -0.25) is 4.79 Å². The van der Waals surface area contributed by atoms with Crippen molar-refractivity contribution in [2.24, 2.45) is 0 Å². The van der Waals surface area contributed by atoms with Gasteiger partial charge in [-0.25, -0.2) is 9.48 Å². The third-order valence-electron chi connectivity index (χ3n) is 4.16. The maximum atomic E-state index is 13.4. The topological polar surface area (TPSA) is 85.0 Å². The first-order valence-corrected chi connectivity index (χ1v) is 8.64. The summed E-state index contributed by atoms with van der Waals surface area (Å²) in [6, 6.07) is 14.0. The number of para-hydroxylation sites is 1. The second-order valence-electron chi connectivity index (χ2n) is 6.31. The van der Waals surface area contributed by atoms with E-state index in [9.17, 15) is 22.8 Å². The lowest BCUT2D eigenvalue weighted by Gasteiger charge is -2.16. The number of aryl methyl sites for hydroxylation is 1. The fourth-order valence-electron chi connectivity index (χ4n) is 2.78. The van der Waals surface area contributed by atoms with Crippen LogP contribution in [-0.4, -0.2) is 15.7 Å². The highest BCUT2D eigenvalue weighted by Crippen LogP contribution is 2.33. The van der Waals surface area contributed by atoms with E-state index in [1.165, 1.54) is 31.2 Å². The standard InChI is InChI=1S/C21H14F3N3O3/c1-13-9-18(28)19(20(29)30-12-15-6-4-5-14(10-15)11-25)26-27(13)17-8-3-2-7-16(17)21(22,23)24/h2-10H,12H2,1H3. The average Bonchev–Trinajstić information content (AvgIpc) is 2.71. The van der Waals surface area contributed by atoms with Gasteiger partial charge in [0.15, 0.2) is 0 Å². The Kier molecular flexibility index (Phi) is 5.69. The fourth-order valence-corrected chi connectivity index (χ4v) is 2.78. The summed E-state index contributed by atoms with van der Waals surface area (Å²) in [6.07, 6.45) is -4.65. The van der Waals surface area contributed by atoms with Crippen LogP contribution in [-0.2, 0) is 17.5 Å². The summed E-state index contributed by atoms with van der Waals surface area (Å²) in [4.78, 5) is 24.6. The molecule has 0 atom stereocenters. The molecule has 1 heterocycles. The molecule has 0 amide bonds. The zero-order valence-corrected chi connectivity index (χ0v) is 15.6. The van der Waals surface area contributed by atoms with Crippen LogP contribution in [0.5, 0.6) is 0 Å². The quantitative estimate of drug-likeness (QED) is 0.608. The highest BCUT2D eigenvalue weighted by Gasteiger charge is 2.34. The summed E-state index contributed by atoms with van der Waals surface area (Å²) in [5.74, 6) is -1.08. The zero-order valence-electron chi connectivity index (χ0n) is 15.6. The highest BCUT2D eigenvalue weighted by molar-refractivity contribution is 5.87. The molecule has 1 aromatic heterocycles. The van der Waals surface area contributed by atoms with Crippen molar-refractivity contribution in [1.82, 2.24) is 9.78 Å². The number of nitriles is 1. The number of carbonyl (C=O) groups excluding carboxylic acids is 1. The molecule has 0 aliphatic rings. The number of carbonyl (C=O) groups is 1. The molecular weight excluding hydrogens is 399 g/mol. The number of nitrogens with zero attached hydrogens (tertiary/aromatic N) is 3. The Morgan fingerprint density at radius 3 is 2.60 bits per heavy atom. The van der Waals surface area contributed by atoms with E-state index in [-0.39, 0.29) is 18.0 Å². The van der Waals surface area contributed by atoms with Crippen molar-refractivity contribution < 1.29 is 22.7 Å². The predicted molar refractivity (Wildman–Crippen MR) is 99.8 cm³/mol. The molecule has 0 saturated heterocycles. The smallest absolute Gasteiger partial charge is 0.418 e. The molecular formula is C21H14F3N3O3. The van der Waals surface area contributed by atoms with Crippen LogP contribution >= 0.6 is 0 Å². The van der Waals surface area contributed by atoms with Crippen molar-refractivity contribution in [1.29, 1.82) is 5.26 Å². The van der Waals surface area contributed by atoms with Gasteiger partial charge in [-0.15, -0.1) is 0 Å². The van der Waals surface area contributed by atoms with Crippen LogP contribution < -0.4 is 5.43 Å². The minimum Gasteiger partial charge on any atom is -0.456 e. The Balaban J connectivity index is 1.95. The summed E-state index contributed by atoms with van der Waals surface area (Å²) < 4.78 is 46.0. The lowest BCUT2D eigenvalue weighted by atomic mass is 10.1. The van der Waals surface area contributed by atoms with Crippen LogP contribution in [0.3, 0.4) is 0 Å². The molecule has 0 aliphatic carbocycles. The highest BCUT2D eigenvalue weighted by atomic mass is 19.4. The Hall–Kier alpha value is -3.93. The van der Waals surface area contributed by atoms with Crippen LogP contribution in [0.25, 0.3) is 5.69 Å². The third-order valence-corrected chi connectivity index (χ3v) is 4.16. The van der Waals surface area contributed by atoms with E-state index in [2.05, 4.69) is 5.10 Å². The zero-order chi connectivity index (χ0) is 21.9. The maximum absolute atomic E-state index is 13.4. The first-order chi connectivity index (χ1) is 14.2. The number of aromatic nitrogens is 2.